The van der Waals surface area contributed by atoms with E-state index in [-0.39, 0.29) is 6.04 Å². The maximum atomic E-state index is 12.5. The number of aromatic nitrogens is 1. The van der Waals surface area contributed by atoms with Crippen molar-refractivity contribution in [2.75, 3.05) is 18.0 Å². The Bertz CT molecular complexity index is 430. The van der Waals surface area contributed by atoms with Gasteiger partial charge in [-0.3, -0.25) is 0 Å². The molecule has 3 nitrogen and oxygen atoms in total. The summed E-state index contributed by atoms with van der Waals surface area (Å²) < 4.78 is 37.5. The van der Waals surface area contributed by atoms with Gasteiger partial charge in [0.1, 0.15) is 5.69 Å². The smallest absolute Gasteiger partial charge is 0.365 e. The minimum Gasteiger partial charge on any atom is -0.365 e. The summed E-state index contributed by atoms with van der Waals surface area (Å²) in [5.41, 5.74) is -0.0813. The fourth-order valence-electron chi connectivity index (χ4n) is 2.55. The number of rotatable bonds is 3. The molecule has 2 heterocycles. The second-order valence-corrected chi connectivity index (χ2v) is 5.29. The highest BCUT2D eigenvalue weighted by Gasteiger charge is 2.32. The summed E-state index contributed by atoms with van der Waals surface area (Å²) in [5.74, 6) is 0. The van der Waals surface area contributed by atoms with Crippen molar-refractivity contribution in [2.45, 2.75) is 44.9 Å². The normalized spacial score (nSPS) is 23.9. The summed E-state index contributed by atoms with van der Waals surface area (Å²) in [6.45, 7) is 5.84. The van der Waals surface area contributed by atoms with Crippen molar-refractivity contribution in [1.29, 1.82) is 0 Å². The Hall–Kier alpha value is -1.30. The zero-order chi connectivity index (χ0) is 14.8. The van der Waals surface area contributed by atoms with Crippen molar-refractivity contribution >= 4 is 5.69 Å². The number of halogens is 3. The molecule has 1 aliphatic rings. The Labute approximate surface area is 117 Å². The highest BCUT2D eigenvalue weighted by atomic mass is 19.4. The minimum absolute atomic E-state index is 0.252. The monoisotopic (exact) mass is 287 g/mol. The quantitative estimate of drug-likeness (QED) is 0.926. The van der Waals surface area contributed by atoms with Crippen molar-refractivity contribution < 1.29 is 13.2 Å². The van der Waals surface area contributed by atoms with Crippen molar-refractivity contribution in [2.24, 2.45) is 0 Å². The molecular formula is C14H20F3N3. The lowest BCUT2D eigenvalue weighted by Gasteiger charge is -2.40. The first-order valence-corrected chi connectivity index (χ1v) is 6.95. The molecule has 2 rings (SSSR count). The summed E-state index contributed by atoms with van der Waals surface area (Å²) in [6.07, 6.45) is -0.894. The van der Waals surface area contributed by atoms with Crippen LogP contribution in [-0.4, -0.2) is 30.2 Å². The molecule has 2 unspecified atom stereocenters. The van der Waals surface area contributed by atoms with Crippen molar-refractivity contribution in [3.8, 4) is 0 Å². The maximum Gasteiger partial charge on any atom is 0.433 e. The van der Waals surface area contributed by atoms with Gasteiger partial charge >= 0.3 is 6.18 Å². The van der Waals surface area contributed by atoms with Crippen LogP contribution in [-0.2, 0) is 6.18 Å². The van der Waals surface area contributed by atoms with Gasteiger partial charge in [0, 0.05) is 25.2 Å². The fourth-order valence-corrected chi connectivity index (χ4v) is 2.55. The number of hydrogen-bond donors (Lipinski definition) is 1. The van der Waals surface area contributed by atoms with Crippen molar-refractivity contribution in [3.05, 3.63) is 24.0 Å². The van der Waals surface area contributed by atoms with Gasteiger partial charge in [0.15, 0.2) is 0 Å². The molecule has 0 saturated carbocycles. The van der Waals surface area contributed by atoms with Crippen LogP contribution in [0, 0.1) is 0 Å². The first kappa shape index (κ1) is 15.1. The molecule has 1 fully saturated rings. The molecule has 0 bridgehead atoms. The van der Waals surface area contributed by atoms with Crippen LogP contribution in [0.15, 0.2) is 18.3 Å². The highest BCUT2D eigenvalue weighted by Crippen LogP contribution is 2.29. The number of nitrogens with one attached hydrogen (secondary N) is 1. The lowest BCUT2D eigenvalue weighted by molar-refractivity contribution is -0.141. The summed E-state index contributed by atoms with van der Waals surface area (Å²) in [5, 5.41) is 3.46. The number of piperazine rings is 1. The SMILES string of the molecule is CCCC1CN(c2ccc(C(F)(F)F)nc2)C(C)CN1. The number of anilines is 1. The van der Waals surface area contributed by atoms with E-state index in [9.17, 15) is 13.2 Å². The van der Waals surface area contributed by atoms with Crippen molar-refractivity contribution in [1.82, 2.24) is 10.3 Å². The fraction of sp³-hybridized carbons (Fsp3) is 0.643. The molecule has 1 aliphatic heterocycles. The predicted molar refractivity (Wildman–Crippen MR) is 72.7 cm³/mol. The number of pyridine rings is 1. The summed E-state index contributed by atoms with van der Waals surface area (Å²) in [7, 11) is 0. The van der Waals surface area contributed by atoms with E-state index >= 15 is 0 Å². The zero-order valence-corrected chi connectivity index (χ0v) is 11.7. The summed E-state index contributed by atoms with van der Waals surface area (Å²) in [6, 6.07) is 3.21. The van der Waals surface area contributed by atoms with E-state index in [2.05, 4.69) is 29.0 Å². The lowest BCUT2D eigenvalue weighted by Crippen LogP contribution is -2.55. The van der Waals surface area contributed by atoms with Crippen LogP contribution in [0.2, 0.25) is 0 Å². The molecule has 112 valence electrons. The van der Waals surface area contributed by atoms with Crippen molar-refractivity contribution in [3.63, 3.8) is 0 Å². The molecule has 0 aromatic carbocycles. The first-order valence-electron chi connectivity index (χ1n) is 6.95. The van der Waals surface area contributed by atoms with E-state index in [1.54, 1.807) is 0 Å². The van der Waals surface area contributed by atoms with Crippen LogP contribution in [0.4, 0.5) is 18.9 Å². The average molecular weight is 287 g/mol. The molecule has 1 saturated heterocycles. The van der Waals surface area contributed by atoms with Crippen LogP contribution in [0.1, 0.15) is 32.4 Å². The van der Waals surface area contributed by atoms with Gasteiger partial charge in [-0.1, -0.05) is 13.3 Å². The third kappa shape index (κ3) is 3.42. The minimum atomic E-state index is -4.38. The van der Waals surface area contributed by atoms with E-state index in [0.29, 0.717) is 6.04 Å². The van der Waals surface area contributed by atoms with Gasteiger partial charge in [-0.2, -0.15) is 13.2 Å². The van der Waals surface area contributed by atoms with Crippen LogP contribution < -0.4 is 10.2 Å². The molecule has 0 amide bonds. The van der Waals surface area contributed by atoms with E-state index in [0.717, 1.165) is 37.7 Å². The second-order valence-electron chi connectivity index (χ2n) is 5.29. The Kier molecular flexibility index (Phi) is 4.52. The van der Waals surface area contributed by atoms with E-state index in [1.807, 2.05) is 0 Å². The first-order chi connectivity index (χ1) is 9.41. The summed E-state index contributed by atoms with van der Waals surface area (Å²) in [4.78, 5) is 5.67. The molecule has 0 radical (unpaired) electrons. The van der Waals surface area contributed by atoms with E-state index < -0.39 is 11.9 Å². The highest BCUT2D eigenvalue weighted by molar-refractivity contribution is 5.46. The standard InChI is InChI=1S/C14H20F3N3/c1-3-4-11-9-20(10(2)7-18-11)12-5-6-13(19-8-12)14(15,16)17/h5-6,8,10-11,18H,3-4,7,9H2,1-2H3. The third-order valence-corrected chi connectivity index (χ3v) is 3.66. The summed E-state index contributed by atoms with van der Waals surface area (Å²) >= 11 is 0. The number of nitrogens with zero attached hydrogens (tertiary/aromatic N) is 2. The number of hydrogen-bond acceptors (Lipinski definition) is 3. The van der Waals surface area contributed by atoms with Crippen LogP contribution in [0.25, 0.3) is 0 Å². The van der Waals surface area contributed by atoms with E-state index in [4.69, 9.17) is 0 Å². The topological polar surface area (TPSA) is 28.2 Å². The maximum absolute atomic E-state index is 12.5. The molecule has 1 aromatic rings. The molecule has 2 atom stereocenters. The molecular weight excluding hydrogens is 267 g/mol. The molecule has 0 aliphatic carbocycles. The van der Waals surface area contributed by atoms with Crippen LogP contribution in [0.3, 0.4) is 0 Å². The van der Waals surface area contributed by atoms with Gasteiger partial charge in [0.25, 0.3) is 0 Å². The van der Waals surface area contributed by atoms with Gasteiger partial charge in [-0.05, 0) is 25.5 Å². The van der Waals surface area contributed by atoms with E-state index in [1.165, 1.54) is 12.3 Å². The molecule has 20 heavy (non-hydrogen) atoms. The number of alkyl halides is 3. The molecule has 1 N–H and O–H groups in total. The van der Waals surface area contributed by atoms with Gasteiger partial charge in [0.05, 0.1) is 11.9 Å². The van der Waals surface area contributed by atoms with Gasteiger partial charge < -0.3 is 10.2 Å². The van der Waals surface area contributed by atoms with Gasteiger partial charge in [0.2, 0.25) is 0 Å². The molecule has 1 aromatic heterocycles. The third-order valence-electron chi connectivity index (χ3n) is 3.66. The average Bonchev–Trinajstić information content (AvgIpc) is 2.40. The molecule has 6 heteroatoms. The largest absolute Gasteiger partial charge is 0.433 e. The Morgan fingerprint density at radius 2 is 2.15 bits per heavy atom. The predicted octanol–water partition coefficient (Wildman–Crippen LogP) is 3.07. The lowest BCUT2D eigenvalue weighted by atomic mass is 10.1. The zero-order valence-electron chi connectivity index (χ0n) is 11.7. The Balaban J connectivity index is 2.13. The second kappa shape index (κ2) is 5.99. The van der Waals surface area contributed by atoms with Gasteiger partial charge in [-0.15, -0.1) is 0 Å². The Morgan fingerprint density at radius 1 is 1.40 bits per heavy atom. The molecule has 0 spiro atoms. The van der Waals surface area contributed by atoms with Crippen LogP contribution >= 0.6 is 0 Å². The van der Waals surface area contributed by atoms with Crippen LogP contribution in [0.5, 0.6) is 0 Å². The Morgan fingerprint density at radius 3 is 2.70 bits per heavy atom. The van der Waals surface area contributed by atoms with Gasteiger partial charge in [-0.25, -0.2) is 4.98 Å².